The van der Waals surface area contributed by atoms with E-state index < -0.39 is 0 Å². The number of hydrogen-bond donors (Lipinski definition) is 1. The maximum atomic E-state index is 12.6. The minimum Gasteiger partial charge on any atom is -0.493 e. The van der Waals surface area contributed by atoms with Gasteiger partial charge in [-0.25, -0.2) is 0 Å². The Morgan fingerprint density at radius 1 is 1.21 bits per heavy atom. The molecule has 0 aliphatic heterocycles. The fourth-order valence-corrected chi connectivity index (χ4v) is 3.53. The zero-order valence-corrected chi connectivity index (χ0v) is 20.1. The van der Waals surface area contributed by atoms with E-state index in [9.17, 15) is 4.79 Å². The van der Waals surface area contributed by atoms with Crippen LogP contribution in [0.2, 0.25) is 0 Å². The molecule has 4 rings (SSSR count). The predicted octanol–water partition coefficient (Wildman–Crippen LogP) is 4.67. The summed E-state index contributed by atoms with van der Waals surface area (Å²) < 4.78 is 22.0. The third-order valence-electron chi connectivity index (χ3n) is 5.80. The molecular formula is C25H30N4O5. The molecule has 0 radical (unpaired) electrons. The number of methoxy groups -OCH3 is 1. The molecule has 1 aromatic carbocycles. The number of ether oxygens (including phenoxy) is 2. The number of carbonyl (C=O) groups is 1. The van der Waals surface area contributed by atoms with Crippen LogP contribution in [0.3, 0.4) is 0 Å². The molecule has 1 atom stereocenters. The molecular weight excluding hydrogens is 436 g/mol. The van der Waals surface area contributed by atoms with Crippen molar-refractivity contribution in [3.05, 3.63) is 58.6 Å². The van der Waals surface area contributed by atoms with E-state index in [2.05, 4.69) is 20.6 Å². The first-order valence-electron chi connectivity index (χ1n) is 11.4. The van der Waals surface area contributed by atoms with Crippen LogP contribution < -0.4 is 14.8 Å². The summed E-state index contributed by atoms with van der Waals surface area (Å²) in [5, 5.41) is 11.0. The van der Waals surface area contributed by atoms with Crippen molar-refractivity contribution < 1.29 is 23.3 Å². The zero-order valence-electron chi connectivity index (χ0n) is 20.1. The molecule has 3 aromatic rings. The van der Waals surface area contributed by atoms with Gasteiger partial charge in [0.15, 0.2) is 17.3 Å². The number of carbonyl (C=O) groups excluding carboxylic acids is 1. The van der Waals surface area contributed by atoms with Crippen molar-refractivity contribution in [2.24, 2.45) is 5.92 Å². The fraction of sp³-hybridized carbons (Fsp3) is 0.440. The quantitative estimate of drug-likeness (QED) is 0.429. The van der Waals surface area contributed by atoms with Gasteiger partial charge in [-0.3, -0.25) is 4.79 Å². The highest BCUT2D eigenvalue weighted by Crippen LogP contribution is 2.38. The third-order valence-corrected chi connectivity index (χ3v) is 5.80. The van der Waals surface area contributed by atoms with Crippen LogP contribution in [0.1, 0.15) is 72.9 Å². The summed E-state index contributed by atoms with van der Waals surface area (Å²) in [5.41, 5.74) is 2.51. The highest BCUT2D eigenvalue weighted by molar-refractivity contribution is 5.92. The number of rotatable bonds is 10. The Hall–Kier alpha value is -3.62. The Balaban J connectivity index is 1.40. The van der Waals surface area contributed by atoms with Crippen molar-refractivity contribution in [3.63, 3.8) is 0 Å². The number of aromatic nitrogens is 3. The summed E-state index contributed by atoms with van der Waals surface area (Å²) in [7, 11) is 1.58. The van der Waals surface area contributed by atoms with Gasteiger partial charge in [-0.2, -0.15) is 4.98 Å². The van der Waals surface area contributed by atoms with E-state index in [1.807, 2.05) is 45.9 Å². The monoisotopic (exact) mass is 466 g/mol. The first-order chi connectivity index (χ1) is 16.4. The van der Waals surface area contributed by atoms with Crippen molar-refractivity contribution in [2.45, 2.75) is 59.1 Å². The zero-order chi connectivity index (χ0) is 24.2. The highest BCUT2D eigenvalue weighted by Gasteiger charge is 2.31. The van der Waals surface area contributed by atoms with Crippen LogP contribution in [0.15, 0.2) is 33.3 Å². The Kier molecular flexibility index (Phi) is 7.00. The van der Waals surface area contributed by atoms with Gasteiger partial charge in [0, 0.05) is 12.0 Å². The molecule has 0 saturated heterocycles. The number of amides is 1. The molecule has 2 aromatic heterocycles. The standard InChI is InChI=1S/C25H30N4O5/c1-14(2)23(25-27-24(29-34-25)18-8-9-18)26-22(30)11-7-17-6-10-20(21(12-17)31-5)32-13-19-15(3)28-33-16(19)4/h6-7,10-12,14,18,23H,8-9,13H2,1-5H3,(H,26,30)/b11-7+. The average Bonchev–Trinajstić information content (AvgIpc) is 3.47. The average molecular weight is 467 g/mol. The highest BCUT2D eigenvalue weighted by atomic mass is 16.5. The molecule has 0 spiro atoms. The largest absolute Gasteiger partial charge is 0.493 e. The molecule has 1 N–H and O–H groups in total. The van der Waals surface area contributed by atoms with Gasteiger partial charge in [-0.1, -0.05) is 30.2 Å². The summed E-state index contributed by atoms with van der Waals surface area (Å²) in [4.78, 5) is 17.1. The van der Waals surface area contributed by atoms with E-state index in [0.717, 1.165) is 41.2 Å². The van der Waals surface area contributed by atoms with Crippen molar-refractivity contribution >= 4 is 12.0 Å². The molecule has 34 heavy (non-hydrogen) atoms. The Morgan fingerprint density at radius 3 is 2.65 bits per heavy atom. The van der Waals surface area contributed by atoms with Crippen LogP contribution in [0.5, 0.6) is 11.5 Å². The second-order valence-corrected chi connectivity index (χ2v) is 8.83. The summed E-state index contributed by atoms with van der Waals surface area (Å²) >= 11 is 0. The number of nitrogens with zero attached hydrogens (tertiary/aromatic N) is 3. The van der Waals surface area contributed by atoms with E-state index in [4.69, 9.17) is 18.5 Å². The van der Waals surface area contributed by atoms with Crippen LogP contribution in [0.4, 0.5) is 0 Å². The second kappa shape index (κ2) is 10.1. The molecule has 1 amide bonds. The van der Waals surface area contributed by atoms with Gasteiger partial charge in [-0.05, 0) is 56.4 Å². The minimum atomic E-state index is -0.355. The van der Waals surface area contributed by atoms with Crippen molar-refractivity contribution in [3.8, 4) is 11.5 Å². The smallest absolute Gasteiger partial charge is 0.249 e. The summed E-state index contributed by atoms with van der Waals surface area (Å²) in [6.45, 7) is 8.05. The number of aryl methyl sites for hydroxylation is 2. The van der Waals surface area contributed by atoms with E-state index in [1.165, 1.54) is 6.08 Å². The van der Waals surface area contributed by atoms with Gasteiger partial charge in [0.25, 0.3) is 0 Å². The van der Waals surface area contributed by atoms with Gasteiger partial charge < -0.3 is 23.8 Å². The van der Waals surface area contributed by atoms with Crippen molar-refractivity contribution in [1.82, 2.24) is 20.6 Å². The van der Waals surface area contributed by atoms with Crippen LogP contribution in [0.25, 0.3) is 6.08 Å². The maximum absolute atomic E-state index is 12.6. The summed E-state index contributed by atoms with van der Waals surface area (Å²) in [6, 6.07) is 5.12. The van der Waals surface area contributed by atoms with E-state index >= 15 is 0 Å². The molecule has 1 unspecified atom stereocenters. The minimum absolute atomic E-state index is 0.0964. The first-order valence-corrected chi connectivity index (χ1v) is 11.4. The molecule has 1 fully saturated rings. The molecule has 1 aliphatic carbocycles. The Morgan fingerprint density at radius 2 is 2.00 bits per heavy atom. The van der Waals surface area contributed by atoms with Gasteiger partial charge in [0.1, 0.15) is 18.4 Å². The molecule has 9 nitrogen and oxygen atoms in total. The van der Waals surface area contributed by atoms with Gasteiger partial charge in [-0.15, -0.1) is 0 Å². The Bertz CT molecular complexity index is 1160. The predicted molar refractivity (Wildman–Crippen MR) is 124 cm³/mol. The van der Waals surface area contributed by atoms with E-state index in [0.29, 0.717) is 29.9 Å². The summed E-state index contributed by atoms with van der Waals surface area (Å²) in [5.74, 6) is 3.30. The molecule has 1 aliphatic rings. The third kappa shape index (κ3) is 5.47. The lowest BCUT2D eigenvalue weighted by Gasteiger charge is -2.17. The topological polar surface area (TPSA) is 113 Å². The van der Waals surface area contributed by atoms with Crippen LogP contribution >= 0.6 is 0 Å². The lowest BCUT2D eigenvalue weighted by Crippen LogP contribution is -2.30. The van der Waals surface area contributed by atoms with E-state index in [-0.39, 0.29) is 17.9 Å². The van der Waals surface area contributed by atoms with Crippen LogP contribution in [0, 0.1) is 19.8 Å². The second-order valence-electron chi connectivity index (χ2n) is 8.83. The lowest BCUT2D eigenvalue weighted by molar-refractivity contribution is -0.117. The Labute approximate surface area is 198 Å². The van der Waals surface area contributed by atoms with Crippen molar-refractivity contribution in [2.75, 3.05) is 7.11 Å². The first kappa shape index (κ1) is 23.5. The molecule has 9 heteroatoms. The van der Waals surface area contributed by atoms with Gasteiger partial charge in [0.2, 0.25) is 11.8 Å². The number of nitrogens with one attached hydrogen (secondary N) is 1. The molecule has 180 valence electrons. The number of hydrogen-bond acceptors (Lipinski definition) is 8. The SMILES string of the molecule is COc1cc(/C=C/C(=O)NC(c2nc(C3CC3)no2)C(C)C)ccc1OCc1c(C)noc1C. The van der Waals surface area contributed by atoms with E-state index in [1.54, 1.807) is 13.2 Å². The van der Waals surface area contributed by atoms with Crippen LogP contribution in [-0.2, 0) is 11.4 Å². The van der Waals surface area contributed by atoms with Gasteiger partial charge >= 0.3 is 0 Å². The fourth-order valence-electron chi connectivity index (χ4n) is 3.53. The lowest BCUT2D eigenvalue weighted by atomic mass is 10.0. The molecule has 0 bridgehead atoms. The normalized spacial score (nSPS) is 14.5. The van der Waals surface area contributed by atoms with Gasteiger partial charge in [0.05, 0.1) is 18.4 Å². The van der Waals surface area contributed by atoms with Crippen LogP contribution in [-0.4, -0.2) is 28.3 Å². The summed E-state index contributed by atoms with van der Waals surface area (Å²) in [6.07, 6.45) is 5.38. The molecule has 1 saturated carbocycles. The molecule has 2 heterocycles. The number of benzene rings is 1. The maximum Gasteiger partial charge on any atom is 0.249 e. The van der Waals surface area contributed by atoms with Crippen molar-refractivity contribution in [1.29, 1.82) is 0 Å².